The number of anilines is 1. The second kappa shape index (κ2) is 7.29. The number of aromatic nitrogens is 2. The fourth-order valence-electron chi connectivity index (χ4n) is 3.10. The van der Waals surface area contributed by atoms with Crippen LogP contribution in [0.25, 0.3) is 21.5 Å². The van der Waals surface area contributed by atoms with Gasteiger partial charge in [0.2, 0.25) is 0 Å². The lowest BCUT2D eigenvalue weighted by Crippen LogP contribution is -2.30. The molecule has 27 heavy (non-hydrogen) atoms. The van der Waals surface area contributed by atoms with E-state index in [-0.39, 0.29) is 5.91 Å². The Morgan fingerprint density at radius 3 is 2.56 bits per heavy atom. The van der Waals surface area contributed by atoms with Crippen LogP contribution < -0.4 is 4.90 Å². The molecule has 2 aromatic heterocycles. The first kappa shape index (κ1) is 17.4. The summed E-state index contributed by atoms with van der Waals surface area (Å²) in [4.78, 5) is 24.6. The molecule has 0 radical (unpaired) electrons. The van der Waals surface area contributed by atoms with Crippen LogP contribution in [0.1, 0.15) is 22.3 Å². The zero-order valence-corrected chi connectivity index (χ0v) is 16.0. The van der Waals surface area contributed by atoms with E-state index in [9.17, 15) is 4.79 Å². The second-order valence-electron chi connectivity index (χ2n) is 6.23. The zero-order chi connectivity index (χ0) is 18.8. The number of benzene rings is 2. The van der Waals surface area contributed by atoms with Crippen LogP contribution in [0.2, 0.25) is 0 Å². The molecule has 0 unspecified atom stereocenters. The minimum atomic E-state index is -0.0232. The van der Waals surface area contributed by atoms with E-state index in [4.69, 9.17) is 0 Å². The molecule has 0 spiro atoms. The summed E-state index contributed by atoms with van der Waals surface area (Å²) in [6.45, 7) is 4.46. The van der Waals surface area contributed by atoms with Crippen LogP contribution in [-0.4, -0.2) is 22.4 Å². The first-order chi connectivity index (χ1) is 13.2. The Hall–Kier alpha value is -3.05. The largest absolute Gasteiger partial charge is 0.308 e. The number of pyridine rings is 1. The van der Waals surface area contributed by atoms with Gasteiger partial charge in [-0.3, -0.25) is 9.78 Å². The standard InChI is InChI=1S/C22H19N3OS/c1-3-25(18-12-11-16-8-4-5-9-17(16)14-18)22(26)20-15(2)24-21(27-20)19-10-6-7-13-23-19/h4-14H,3H2,1-2H3. The molecule has 0 N–H and O–H groups in total. The van der Waals surface area contributed by atoms with Crippen molar-refractivity contribution in [3.63, 3.8) is 0 Å². The summed E-state index contributed by atoms with van der Waals surface area (Å²) in [5.74, 6) is -0.0232. The molecule has 2 aromatic carbocycles. The molecular formula is C22H19N3OS. The molecule has 0 fully saturated rings. The van der Waals surface area contributed by atoms with Gasteiger partial charge in [0.1, 0.15) is 9.88 Å². The van der Waals surface area contributed by atoms with Crippen molar-refractivity contribution in [2.75, 3.05) is 11.4 Å². The Kier molecular flexibility index (Phi) is 4.69. The summed E-state index contributed by atoms with van der Waals surface area (Å²) in [6, 6.07) is 20.0. The fourth-order valence-corrected chi connectivity index (χ4v) is 4.10. The molecule has 0 aliphatic heterocycles. The summed E-state index contributed by atoms with van der Waals surface area (Å²) >= 11 is 1.40. The Morgan fingerprint density at radius 2 is 1.81 bits per heavy atom. The van der Waals surface area contributed by atoms with Gasteiger partial charge in [0, 0.05) is 18.4 Å². The maximum Gasteiger partial charge on any atom is 0.270 e. The molecule has 4 rings (SSSR count). The van der Waals surface area contributed by atoms with Crippen LogP contribution in [0, 0.1) is 6.92 Å². The molecule has 134 valence electrons. The van der Waals surface area contributed by atoms with Crippen LogP contribution in [0.5, 0.6) is 0 Å². The topological polar surface area (TPSA) is 46.1 Å². The van der Waals surface area contributed by atoms with E-state index in [1.807, 2.05) is 50.2 Å². The summed E-state index contributed by atoms with van der Waals surface area (Å²) in [5, 5.41) is 3.05. The summed E-state index contributed by atoms with van der Waals surface area (Å²) < 4.78 is 0. The van der Waals surface area contributed by atoms with Gasteiger partial charge in [0.05, 0.1) is 11.4 Å². The highest BCUT2D eigenvalue weighted by Crippen LogP contribution is 2.30. The predicted octanol–water partition coefficient (Wildman–Crippen LogP) is 5.33. The summed E-state index contributed by atoms with van der Waals surface area (Å²) in [5.41, 5.74) is 2.43. The van der Waals surface area contributed by atoms with E-state index < -0.39 is 0 Å². The maximum absolute atomic E-state index is 13.3. The molecule has 0 saturated carbocycles. The predicted molar refractivity (Wildman–Crippen MR) is 111 cm³/mol. The number of carbonyl (C=O) groups is 1. The number of hydrogen-bond donors (Lipinski definition) is 0. The average Bonchev–Trinajstić information content (AvgIpc) is 3.11. The number of thiazole rings is 1. The van der Waals surface area contributed by atoms with Crippen molar-refractivity contribution in [2.24, 2.45) is 0 Å². The van der Waals surface area contributed by atoms with E-state index in [1.165, 1.54) is 11.3 Å². The highest BCUT2D eigenvalue weighted by Gasteiger charge is 2.22. The number of amides is 1. The highest BCUT2D eigenvalue weighted by atomic mass is 32.1. The molecule has 1 amide bonds. The number of fused-ring (bicyclic) bond motifs is 1. The first-order valence-electron chi connectivity index (χ1n) is 8.87. The number of carbonyl (C=O) groups excluding carboxylic acids is 1. The molecule has 5 heteroatoms. The van der Waals surface area contributed by atoms with Crippen molar-refractivity contribution in [3.05, 3.63) is 77.4 Å². The molecular weight excluding hydrogens is 354 g/mol. The van der Waals surface area contributed by atoms with Crippen molar-refractivity contribution in [2.45, 2.75) is 13.8 Å². The molecule has 4 nitrogen and oxygen atoms in total. The molecule has 0 aliphatic carbocycles. The van der Waals surface area contributed by atoms with Crippen LogP contribution in [0.3, 0.4) is 0 Å². The van der Waals surface area contributed by atoms with Crippen LogP contribution >= 0.6 is 11.3 Å². The van der Waals surface area contributed by atoms with Crippen LogP contribution in [0.15, 0.2) is 66.9 Å². The van der Waals surface area contributed by atoms with Gasteiger partial charge in [0.25, 0.3) is 5.91 Å². The van der Waals surface area contributed by atoms with Crippen molar-refractivity contribution >= 4 is 33.7 Å². The van der Waals surface area contributed by atoms with E-state index in [2.05, 4.69) is 34.2 Å². The third-order valence-corrected chi connectivity index (χ3v) is 5.65. The number of rotatable bonds is 4. The lowest BCUT2D eigenvalue weighted by molar-refractivity contribution is 0.0991. The summed E-state index contributed by atoms with van der Waals surface area (Å²) in [7, 11) is 0. The highest BCUT2D eigenvalue weighted by molar-refractivity contribution is 7.17. The third-order valence-electron chi connectivity index (χ3n) is 4.48. The lowest BCUT2D eigenvalue weighted by Gasteiger charge is -2.21. The lowest BCUT2D eigenvalue weighted by atomic mass is 10.1. The van der Waals surface area contributed by atoms with Gasteiger partial charge in [-0.15, -0.1) is 11.3 Å². The fraction of sp³-hybridized carbons (Fsp3) is 0.136. The van der Waals surface area contributed by atoms with Crippen molar-refractivity contribution < 1.29 is 4.79 Å². The number of nitrogens with zero attached hydrogens (tertiary/aromatic N) is 3. The number of hydrogen-bond acceptors (Lipinski definition) is 4. The van der Waals surface area contributed by atoms with Gasteiger partial charge in [-0.05, 0) is 48.9 Å². The Bertz CT molecular complexity index is 1100. The van der Waals surface area contributed by atoms with Crippen LogP contribution in [-0.2, 0) is 0 Å². The quantitative estimate of drug-likeness (QED) is 0.485. The second-order valence-corrected chi connectivity index (χ2v) is 7.23. The molecule has 2 heterocycles. The van der Waals surface area contributed by atoms with Gasteiger partial charge in [-0.1, -0.05) is 36.4 Å². The monoisotopic (exact) mass is 373 g/mol. The molecule has 4 aromatic rings. The molecule has 0 aliphatic rings. The third kappa shape index (κ3) is 3.34. The average molecular weight is 373 g/mol. The maximum atomic E-state index is 13.3. The van der Waals surface area contributed by atoms with Crippen LogP contribution in [0.4, 0.5) is 5.69 Å². The molecule has 0 atom stereocenters. The zero-order valence-electron chi connectivity index (χ0n) is 15.2. The van der Waals surface area contributed by atoms with E-state index in [0.717, 1.165) is 32.9 Å². The molecule has 0 bridgehead atoms. The van der Waals surface area contributed by atoms with E-state index >= 15 is 0 Å². The van der Waals surface area contributed by atoms with Gasteiger partial charge in [-0.2, -0.15) is 0 Å². The van der Waals surface area contributed by atoms with Gasteiger partial charge < -0.3 is 4.90 Å². The van der Waals surface area contributed by atoms with Gasteiger partial charge in [-0.25, -0.2) is 4.98 Å². The van der Waals surface area contributed by atoms with Crippen molar-refractivity contribution in [1.29, 1.82) is 0 Å². The minimum absolute atomic E-state index is 0.0232. The Morgan fingerprint density at radius 1 is 1.04 bits per heavy atom. The van der Waals surface area contributed by atoms with Gasteiger partial charge >= 0.3 is 0 Å². The van der Waals surface area contributed by atoms with E-state index in [0.29, 0.717) is 11.4 Å². The SMILES string of the molecule is CCN(C(=O)c1sc(-c2ccccn2)nc1C)c1ccc2ccccc2c1. The number of aryl methyl sites for hydroxylation is 1. The van der Waals surface area contributed by atoms with Gasteiger partial charge in [0.15, 0.2) is 0 Å². The smallest absolute Gasteiger partial charge is 0.270 e. The van der Waals surface area contributed by atoms with Crippen molar-refractivity contribution in [1.82, 2.24) is 9.97 Å². The summed E-state index contributed by atoms with van der Waals surface area (Å²) in [6.07, 6.45) is 1.74. The minimum Gasteiger partial charge on any atom is -0.308 e. The first-order valence-corrected chi connectivity index (χ1v) is 9.68. The van der Waals surface area contributed by atoms with Crippen molar-refractivity contribution in [3.8, 4) is 10.7 Å². The normalized spacial score (nSPS) is 10.9. The Labute approximate surface area is 162 Å². The molecule has 0 saturated heterocycles. The van der Waals surface area contributed by atoms with E-state index in [1.54, 1.807) is 11.1 Å². The Balaban J connectivity index is 1.70.